The third kappa shape index (κ3) is 5.07. The minimum Gasteiger partial charge on any atom is -0.464 e. The van der Waals surface area contributed by atoms with Crippen LogP contribution < -0.4 is 11.1 Å². The molecule has 31 heavy (non-hydrogen) atoms. The van der Waals surface area contributed by atoms with E-state index in [0.29, 0.717) is 16.9 Å². The highest BCUT2D eigenvalue weighted by Crippen LogP contribution is 2.30. The molecule has 2 aromatic carbocycles. The number of carbonyl (C=O) groups is 1. The quantitative estimate of drug-likeness (QED) is 0.219. The molecule has 0 aliphatic heterocycles. The fourth-order valence-corrected chi connectivity index (χ4v) is 3.01. The Labute approximate surface area is 177 Å². The number of amidine groups is 1. The van der Waals surface area contributed by atoms with Gasteiger partial charge in [0.25, 0.3) is 5.91 Å². The molecule has 3 aromatic rings. The standard InChI is InChI=1S/C22H21F2N3O4/c1-2-30-20(19-16(23)10-15(11-17(19)24)18-4-3-9-31-18)22(28)26-12-13-5-7-14(8-6-13)21(25)27-29/h3-11,20,29H,2,12H2,1H3,(H2,25,27)(H,26,28). The first kappa shape index (κ1) is 22.0. The lowest BCUT2D eigenvalue weighted by molar-refractivity contribution is -0.133. The van der Waals surface area contributed by atoms with Gasteiger partial charge in [-0.25, -0.2) is 8.78 Å². The lowest BCUT2D eigenvalue weighted by Crippen LogP contribution is -2.31. The molecule has 0 fully saturated rings. The molecule has 0 aliphatic rings. The summed E-state index contributed by atoms with van der Waals surface area (Å²) in [6.07, 6.45) is -0.0698. The number of hydrogen-bond acceptors (Lipinski definition) is 5. The van der Waals surface area contributed by atoms with Crippen molar-refractivity contribution in [2.45, 2.75) is 19.6 Å². The molecule has 4 N–H and O–H groups in total. The number of oxime groups is 1. The Hall–Kier alpha value is -3.72. The van der Waals surface area contributed by atoms with Gasteiger partial charge in [-0.15, -0.1) is 0 Å². The van der Waals surface area contributed by atoms with Crippen molar-refractivity contribution in [3.63, 3.8) is 0 Å². The van der Waals surface area contributed by atoms with Gasteiger partial charge in [-0.05, 0) is 36.8 Å². The number of halogens is 2. The van der Waals surface area contributed by atoms with Crippen LogP contribution in [0.15, 0.2) is 64.4 Å². The summed E-state index contributed by atoms with van der Waals surface area (Å²) in [5.41, 5.74) is 6.46. The van der Waals surface area contributed by atoms with E-state index >= 15 is 0 Å². The van der Waals surface area contributed by atoms with Gasteiger partial charge in [-0.3, -0.25) is 4.79 Å². The zero-order valence-corrected chi connectivity index (χ0v) is 16.6. The number of benzene rings is 2. The van der Waals surface area contributed by atoms with Gasteiger partial charge in [0, 0.05) is 24.3 Å². The van der Waals surface area contributed by atoms with Crippen LogP contribution in [-0.2, 0) is 16.1 Å². The molecule has 0 saturated heterocycles. The Morgan fingerprint density at radius 1 is 1.23 bits per heavy atom. The van der Waals surface area contributed by atoms with Gasteiger partial charge < -0.3 is 25.4 Å². The van der Waals surface area contributed by atoms with Crippen LogP contribution >= 0.6 is 0 Å². The van der Waals surface area contributed by atoms with Crippen LogP contribution in [0.1, 0.15) is 29.7 Å². The van der Waals surface area contributed by atoms with E-state index < -0.39 is 29.2 Å². The molecule has 162 valence electrons. The van der Waals surface area contributed by atoms with E-state index in [0.717, 1.165) is 12.1 Å². The molecule has 7 nitrogen and oxygen atoms in total. The first-order chi connectivity index (χ1) is 14.9. The molecular weight excluding hydrogens is 408 g/mol. The van der Waals surface area contributed by atoms with Gasteiger partial charge >= 0.3 is 0 Å². The van der Waals surface area contributed by atoms with Gasteiger partial charge in [0.15, 0.2) is 11.9 Å². The van der Waals surface area contributed by atoms with E-state index in [1.165, 1.54) is 6.26 Å². The molecule has 3 rings (SSSR count). The average molecular weight is 429 g/mol. The van der Waals surface area contributed by atoms with Gasteiger partial charge in [0.1, 0.15) is 17.4 Å². The SMILES string of the molecule is CCOC(C(=O)NCc1ccc(/C(N)=N\O)cc1)c1c(F)cc(-c2ccco2)cc1F. The molecular formula is C22H21F2N3O4. The zero-order chi connectivity index (χ0) is 22.4. The number of ether oxygens (including phenoxy) is 1. The van der Waals surface area contributed by atoms with Gasteiger partial charge in [0.05, 0.1) is 11.8 Å². The monoisotopic (exact) mass is 429 g/mol. The van der Waals surface area contributed by atoms with Crippen LogP contribution in [0.25, 0.3) is 11.3 Å². The summed E-state index contributed by atoms with van der Waals surface area (Å²) in [6, 6.07) is 11.9. The first-order valence-electron chi connectivity index (χ1n) is 9.43. The smallest absolute Gasteiger partial charge is 0.254 e. The molecule has 1 heterocycles. The number of nitrogens with two attached hydrogens (primary N) is 1. The van der Waals surface area contributed by atoms with Gasteiger partial charge in [-0.1, -0.05) is 29.4 Å². The molecule has 0 bridgehead atoms. The predicted molar refractivity (Wildman–Crippen MR) is 109 cm³/mol. The van der Waals surface area contributed by atoms with Gasteiger partial charge in [0.2, 0.25) is 0 Å². The van der Waals surface area contributed by atoms with Crippen molar-refractivity contribution in [3.05, 3.63) is 83.1 Å². The minimum atomic E-state index is -1.47. The summed E-state index contributed by atoms with van der Waals surface area (Å²) >= 11 is 0. The highest BCUT2D eigenvalue weighted by molar-refractivity contribution is 5.97. The number of carbonyl (C=O) groups excluding carboxylic acids is 1. The first-order valence-corrected chi connectivity index (χ1v) is 9.43. The summed E-state index contributed by atoms with van der Waals surface area (Å²) in [5, 5.41) is 14.2. The summed E-state index contributed by atoms with van der Waals surface area (Å²) in [6.45, 7) is 1.79. The lowest BCUT2D eigenvalue weighted by Gasteiger charge is -2.19. The summed E-state index contributed by atoms with van der Waals surface area (Å²) in [5.74, 6) is -2.26. The van der Waals surface area contributed by atoms with Crippen LogP contribution in [0.2, 0.25) is 0 Å². The number of furan rings is 1. The predicted octanol–water partition coefficient (Wildman–Crippen LogP) is 3.71. The molecule has 1 atom stereocenters. The van der Waals surface area contributed by atoms with Crippen LogP contribution in [0.5, 0.6) is 0 Å². The topological polar surface area (TPSA) is 110 Å². The van der Waals surface area contributed by atoms with Crippen molar-refractivity contribution >= 4 is 11.7 Å². The maximum Gasteiger partial charge on any atom is 0.254 e. The van der Waals surface area contributed by atoms with Crippen LogP contribution in [-0.4, -0.2) is 23.6 Å². The Kier molecular flexibility index (Phi) is 6.99. The molecule has 0 spiro atoms. The van der Waals surface area contributed by atoms with E-state index in [1.807, 2.05) is 0 Å². The molecule has 0 saturated carbocycles. The zero-order valence-electron chi connectivity index (χ0n) is 16.6. The Bertz CT molecular complexity index is 1040. The summed E-state index contributed by atoms with van der Waals surface area (Å²) in [7, 11) is 0. The molecule has 1 unspecified atom stereocenters. The molecule has 1 amide bonds. The largest absolute Gasteiger partial charge is 0.464 e. The van der Waals surface area contributed by atoms with E-state index in [4.69, 9.17) is 20.1 Å². The average Bonchev–Trinajstić information content (AvgIpc) is 3.31. The Morgan fingerprint density at radius 2 is 1.90 bits per heavy atom. The maximum absolute atomic E-state index is 14.8. The molecule has 0 radical (unpaired) electrons. The number of nitrogens with zero attached hydrogens (tertiary/aromatic N) is 1. The van der Waals surface area contributed by atoms with Crippen LogP contribution in [0.3, 0.4) is 0 Å². The number of nitrogens with one attached hydrogen (secondary N) is 1. The Balaban J connectivity index is 1.78. The van der Waals surface area contributed by atoms with Crippen molar-refractivity contribution in [2.24, 2.45) is 10.9 Å². The molecule has 1 aromatic heterocycles. The number of rotatable bonds is 8. The maximum atomic E-state index is 14.8. The molecule has 9 heteroatoms. The molecule has 0 aliphatic carbocycles. The second-order valence-electron chi connectivity index (χ2n) is 6.57. The Morgan fingerprint density at radius 3 is 2.45 bits per heavy atom. The van der Waals surface area contributed by atoms with Crippen LogP contribution in [0.4, 0.5) is 8.78 Å². The second-order valence-corrected chi connectivity index (χ2v) is 6.57. The van der Waals surface area contributed by atoms with Crippen molar-refractivity contribution in [3.8, 4) is 11.3 Å². The highest BCUT2D eigenvalue weighted by Gasteiger charge is 2.28. The third-order valence-corrected chi connectivity index (χ3v) is 4.54. The van der Waals surface area contributed by atoms with E-state index in [9.17, 15) is 13.6 Å². The van der Waals surface area contributed by atoms with Crippen molar-refractivity contribution in [1.82, 2.24) is 5.32 Å². The fourth-order valence-electron chi connectivity index (χ4n) is 3.01. The van der Waals surface area contributed by atoms with Crippen molar-refractivity contribution in [2.75, 3.05) is 6.61 Å². The van der Waals surface area contributed by atoms with Crippen molar-refractivity contribution < 1.29 is 27.9 Å². The summed E-state index contributed by atoms with van der Waals surface area (Å²) < 4.78 is 40.1. The van der Waals surface area contributed by atoms with Crippen LogP contribution in [0, 0.1) is 11.6 Å². The highest BCUT2D eigenvalue weighted by atomic mass is 19.1. The second kappa shape index (κ2) is 9.86. The van der Waals surface area contributed by atoms with E-state index in [1.54, 1.807) is 43.3 Å². The number of amides is 1. The van der Waals surface area contributed by atoms with Crippen molar-refractivity contribution in [1.29, 1.82) is 0 Å². The van der Waals surface area contributed by atoms with Gasteiger partial charge in [-0.2, -0.15) is 0 Å². The van der Waals surface area contributed by atoms with E-state index in [-0.39, 0.29) is 24.6 Å². The number of hydrogen-bond donors (Lipinski definition) is 3. The normalized spacial score (nSPS) is 12.5. The van der Waals surface area contributed by atoms with E-state index in [2.05, 4.69) is 10.5 Å². The lowest BCUT2D eigenvalue weighted by atomic mass is 10.0. The summed E-state index contributed by atoms with van der Waals surface area (Å²) in [4.78, 5) is 12.7. The minimum absolute atomic E-state index is 0.0454. The fraction of sp³-hybridized carbons (Fsp3) is 0.182. The third-order valence-electron chi connectivity index (χ3n) is 4.54.